The van der Waals surface area contributed by atoms with Gasteiger partial charge in [-0.3, -0.25) is 0 Å². The highest BCUT2D eigenvalue weighted by molar-refractivity contribution is 5.74. The van der Waals surface area contributed by atoms with Crippen molar-refractivity contribution in [1.82, 2.24) is 0 Å². The molecule has 0 saturated carbocycles. The Bertz CT molecular complexity index is 1190. The van der Waals surface area contributed by atoms with Gasteiger partial charge in [-0.2, -0.15) is 0 Å². The predicted molar refractivity (Wildman–Crippen MR) is 131 cm³/mol. The van der Waals surface area contributed by atoms with Crippen LogP contribution in [0.5, 0.6) is 0 Å². The fraction of sp³-hybridized carbons (Fsp3) is 0.267. The number of aryl methyl sites for hydroxylation is 1. The van der Waals surface area contributed by atoms with Gasteiger partial charge in [0.05, 0.1) is 0 Å². The summed E-state index contributed by atoms with van der Waals surface area (Å²) in [5, 5.41) is 0. The van der Waals surface area contributed by atoms with Crippen LogP contribution in [-0.4, -0.2) is 0 Å². The van der Waals surface area contributed by atoms with Gasteiger partial charge < -0.3 is 0 Å². The SMILES string of the molecule is C/C=C/CCC1CC=C(c2ccc(-c3ccc(-c4ccc(C)c(F)c4F)cc3)c(F)c2)CC1. The zero-order chi connectivity index (χ0) is 23.4. The average molecular weight is 447 g/mol. The monoisotopic (exact) mass is 446 g/mol. The minimum atomic E-state index is -0.858. The summed E-state index contributed by atoms with van der Waals surface area (Å²) in [6, 6.07) is 15.4. The van der Waals surface area contributed by atoms with Gasteiger partial charge in [0.1, 0.15) is 5.82 Å². The summed E-state index contributed by atoms with van der Waals surface area (Å²) in [4.78, 5) is 0. The van der Waals surface area contributed by atoms with E-state index >= 15 is 4.39 Å². The van der Waals surface area contributed by atoms with E-state index in [1.165, 1.54) is 18.9 Å². The summed E-state index contributed by atoms with van der Waals surface area (Å²) in [6.07, 6.45) is 12.1. The predicted octanol–water partition coefficient (Wildman–Crippen LogP) is 9.29. The molecule has 0 spiro atoms. The molecular weight excluding hydrogens is 417 g/mol. The van der Waals surface area contributed by atoms with Crippen LogP contribution in [0.15, 0.2) is 72.8 Å². The summed E-state index contributed by atoms with van der Waals surface area (Å²) in [5.74, 6) is -1.26. The molecule has 0 heterocycles. The van der Waals surface area contributed by atoms with Crippen molar-refractivity contribution in [2.24, 2.45) is 5.92 Å². The molecule has 0 aromatic heterocycles. The molecule has 3 aromatic rings. The minimum Gasteiger partial charge on any atom is -0.206 e. The molecule has 1 unspecified atom stereocenters. The van der Waals surface area contributed by atoms with Crippen molar-refractivity contribution < 1.29 is 13.2 Å². The van der Waals surface area contributed by atoms with Crippen molar-refractivity contribution in [2.75, 3.05) is 0 Å². The van der Waals surface area contributed by atoms with E-state index in [1.54, 1.807) is 42.5 Å². The second-order valence-corrected chi connectivity index (χ2v) is 8.85. The van der Waals surface area contributed by atoms with Gasteiger partial charge in [-0.15, -0.1) is 0 Å². The molecule has 0 radical (unpaired) electrons. The van der Waals surface area contributed by atoms with Crippen LogP contribution in [0.25, 0.3) is 27.8 Å². The fourth-order valence-corrected chi connectivity index (χ4v) is 4.56. The smallest absolute Gasteiger partial charge is 0.166 e. The molecule has 0 N–H and O–H groups in total. The molecule has 1 aliphatic carbocycles. The van der Waals surface area contributed by atoms with Crippen LogP contribution in [0.1, 0.15) is 50.2 Å². The molecule has 0 aliphatic heterocycles. The van der Waals surface area contributed by atoms with E-state index in [0.29, 0.717) is 22.6 Å². The molecule has 1 atom stereocenters. The third kappa shape index (κ3) is 5.13. The van der Waals surface area contributed by atoms with E-state index in [0.717, 1.165) is 31.2 Å². The van der Waals surface area contributed by atoms with Crippen molar-refractivity contribution in [1.29, 1.82) is 0 Å². The maximum Gasteiger partial charge on any atom is 0.166 e. The Morgan fingerprint density at radius 2 is 1.52 bits per heavy atom. The zero-order valence-electron chi connectivity index (χ0n) is 19.2. The van der Waals surface area contributed by atoms with E-state index in [4.69, 9.17) is 0 Å². The number of hydrogen-bond acceptors (Lipinski definition) is 0. The Kier molecular flexibility index (Phi) is 7.17. The average Bonchev–Trinajstić information content (AvgIpc) is 2.83. The van der Waals surface area contributed by atoms with E-state index in [1.807, 2.05) is 12.1 Å². The highest BCUT2D eigenvalue weighted by Crippen LogP contribution is 2.35. The number of hydrogen-bond donors (Lipinski definition) is 0. The van der Waals surface area contributed by atoms with Crippen LogP contribution >= 0.6 is 0 Å². The van der Waals surface area contributed by atoms with Gasteiger partial charge in [-0.1, -0.05) is 66.8 Å². The Balaban J connectivity index is 1.50. The lowest BCUT2D eigenvalue weighted by Crippen LogP contribution is -2.05. The molecular formula is C30H29F3. The van der Waals surface area contributed by atoms with Crippen LogP contribution in [0.4, 0.5) is 13.2 Å². The lowest BCUT2D eigenvalue weighted by atomic mass is 9.84. The lowest BCUT2D eigenvalue weighted by molar-refractivity contribution is 0.454. The number of benzene rings is 3. The second-order valence-electron chi connectivity index (χ2n) is 8.85. The van der Waals surface area contributed by atoms with Gasteiger partial charge in [0.25, 0.3) is 0 Å². The third-order valence-electron chi connectivity index (χ3n) is 6.62. The molecule has 0 nitrogen and oxygen atoms in total. The summed E-state index contributed by atoms with van der Waals surface area (Å²) in [5.41, 5.74) is 4.40. The van der Waals surface area contributed by atoms with Gasteiger partial charge in [-0.05, 0) is 85.8 Å². The third-order valence-corrected chi connectivity index (χ3v) is 6.62. The van der Waals surface area contributed by atoms with Gasteiger partial charge in [0, 0.05) is 11.1 Å². The summed E-state index contributed by atoms with van der Waals surface area (Å²) in [7, 11) is 0. The van der Waals surface area contributed by atoms with E-state index in [2.05, 4.69) is 25.2 Å². The maximum absolute atomic E-state index is 15.0. The van der Waals surface area contributed by atoms with Crippen LogP contribution in [0.3, 0.4) is 0 Å². The first-order valence-corrected chi connectivity index (χ1v) is 11.6. The van der Waals surface area contributed by atoms with Gasteiger partial charge in [0.2, 0.25) is 0 Å². The molecule has 3 aromatic carbocycles. The Labute approximate surface area is 194 Å². The highest BCUT2D eigenvalue weighted by Gasteiger charge is 2.17. The molecule has 0 amide bonds. The molecule has 170 valence electrons. The van der Waals surface area contributed by atoms with Crippen molar-refractivity contribution in [3.05, 3.63) is 101 Å². The Morgan fingerprint density at radius 1 is 0.848 bits per heavy atom. The largest absolute Gasteiger partial charge is 0.206 e. The maximum atomic E-state index is 15.0. The van der Waals surface area contributed by atoms with Gasteiger partial charge >= 0.3 is 0 Å². The summed E-state index contributed by atoms with van der Waals surface area (Å²) < 4.78 is 43.3. The first-order chi connectivity index (χ1) is 16.0. The first-order valence-electron chi connectivity index (χ1n) is 11.6. The molecule has 0 bridgehead atoms. The molecule has 4 rings (SSSR count). The normalized spacial score (nSPS) is 16.3. The van der Waals surface area contributed by atoms with E-state index < -0.39 is 11.6 Å². The van der Waals surface area contributed by atoms with E-state index in [9.17, 15) is 8.78 Å². The molecule has 33 heavy (non-hydrogen) atoms. The van der Waals surface area contributed by atoms with Crippen LogP contribution < -0.4 is 0 Å². The van der Waals surface area contributed by atoms with Crippen LogP contribution in [0.2, 0.25) is 0 Å². The Hall–Kier alpha value is -3.07. The second kappa shape index (κ2) is 10.2. The molecule has 0 fully saturated rings. The topological polar surface area (TPSA) is 0 Å². The van der Waals surface area contributed by atoms with Crippen molar-refractivity contribution in [3.8, 4) is 22.3 Å². The standard InChI is InChI=1S/C30H29F3/c1-3-4-5-6-21-8-10-22(11-9-21)25-16-18-26(28(31)19-25)23-12-14-24(15-13-23)27-17-7-20(2)29(32)30(27)33/h3-4,7,10,12-19,21H,5-6,8-9,11H2,1-2H3/b4-3+. The fourth-order valence-electron chi connectivity index (χ4n) is 4.56. The molecule has 0 saturated heterocycles. The zero-order valence-corrected chi connectivity index (χ0v) is 19.2. The quantitative estimate of drug-likeness (QED) is 0.331. The molecule has 1 aliphatic rings. The summed E-state index contributed by atoms with van der Waals surface area (Å²) in [6.45, 7) is 3.58. The first kappa shape index (κ1) is 23.1. The number of rotatable bonds is 6. The highest BCUT2D eigenvalue weighted by atomic mass is 19.2. The van der Waals surface area contributed by atoms with Crippen molar-refractivity contribution in [2.45, 2.75) is 46.0 Å². The minimum absolute atomic E-state index is 0.203. The molecule has 3 heteroatoms. The Morgan fingerprint density at radius 3 is 2.15 bits per heavy atom. The summed E-state index contributed by atoms with van der Waals surface area (Å²) >= 11 is 0. The van der Waals surface area contributed by atoms with Crippen LogP contribution in [-0.2, 0) is 0 Å². The van der Waals surface area contributed by atoms with Crippen molar-refractivity contribution >= 4 is 5.57 Å². The number of allylic oxidation sites excluding steroid dienone is 4. The van der Waals surface area contributed by atoms with E-state index in [-0.39, 0.29) is 16.9 Å². The number of halogens is 3. The lowest BCUT2D eigenvalue weighted by Gasteiger charge is -2.22. The van der Waals surface area contributed by atoms with Crippen molar-refractivity contribution in [3.63, 3.8) is 0 Å². The van der Waals surface area contributed by atoms with Crippen LogP contribution in [0, 0.1) is 30.3 Å². The van der Waals surface area contributed by atoms with Gasteiger partial charge in [0.15, 0.2) is 11.6 Å². The van der Waals surface area contributed by atoms with Gasteiger partial charge in [-0.25, -0.2) is 13.2 Å².